The first kappa shape index (κ1) is 15.4. The summed E-state index contributed by atoms with van der Waals surface area (Å²) >= 11 is 0. The van der Waals surface area contributed by atoms with Crippen LogP contribution in [-0.4, -0.2) is 10.9 Å². The number of pyridine rings is 1. The lowest BCUT2D eigenvalue weighted by atomic mass is 10.1. The maximum absolute atomic E-state index is 12.5. The molecule has 0 aliphatic carbocycles. The minimum absolute atomic E-state index is 0.258. The molecule has 0 fully saturated rings. The molecule has 0 spiro atoms. The fraction of sp³-hybridized carbons (Fsp3) is 0.143. The number of amides is 1. The summed E-state index contributed by atoms with van der Waals surface area (Å²) in [4.78, 5) is 17.0. The van der Waals surface area contributed by atoms with Gasteiger partial charge < -0.3 is 9.73 Å². The molecule has 2 aromatic heterocycles. The summed E-state index contributed by atoms with van der Waals surface area (Å²) in [5, 5.41) is 4.71. The molecule has 1 N–H and O–H groups in total. The summed E-state index contributed by atoms with van der Waals surface area (Å²) in [6.45, 7) is 4.12. The Morgan fingerprint density at radius 2 is 1.84 bits per heavy atom. The molecule has 4 nitrogen and oxygen atoms in total. The van der Waals surface area contributed by atoms with Gasteiger partial charge in [0.25, 0.3) is 5.91 Å². The molecule has 4 aromatic rings. The first-order chi connectivity index (χ1) is 12.1. The second-order valence-electron chi connectivity index (χ2n) is 6.19. The third kappa shape index (κ3) is 2.98. The number of hydrogen-bond donors (Lipinski definition) is 1. The minimum Gasteiger partial charge on any atom is -0.433 e. The Balaban J connectivity index is 1.65. The lowest BCUT2D eigenvalue weighted by Crippen LogP contribution is -2.10. The predicted octanol–water partition coefficient (Wildman–Crippen LogP) is 5.10. The second kappa shape index (κ2) is 6.06. The summed E-state index contributed by atoms with van der Waals surface area (Å²) in [5.41, 5.74) is 4.46. The van der Waals surface area contributed by atoms with E-state index in [9.17, 15) is 4.79 Å². The van der Waals surface area contributed by atoms with Gasteiger partial charge in [-0.05, 0) is 54.8 Å². The average molecular weight is 330 g/mol. The van der Waals surface area contributed by atoms with E-state index >= 15 is 0 Å². The molecule has 2 heterocycles. The summed E-state index contributed by atoms with van der Waals surface area (Å²) < 4.78 is 5.67. The van der Waals surface area contributed by atoms with Crippen molar-refractivity contribution in [2.75, 3.05) is 5.32 Å². The van der Waals surface area contributed by atoms with Crippen LogP contribution in [0.5, 0.6) is 0 Å². The molecule has 0 bridgehead atoms. The molecule has 0 unspecified atom stereocenters. The lowest BCUT2D eigenvalue weighted by Gasteiger charge is -2.03. The molecule has 0 saturated heterocycles. The molecular formula is C21H18N2O2. The number of carbonyl (C=O) groups is 1. The van der Waals surface area contributed by atoms with Crippen molar-refractivity contribution in [2.45, 2.75) is 20.3 Å². The zero-order chi connectivity index (χ0) is 17.4. The normalized spacial score (nSPS) is 11.1. The van der Waals surface area contributed by atoms with Gasteiger partial charge in [-0.25, -0.2) is 4.98 Å². The number of furan rings is 1. The Kier molecular flexibility index (Phi) is 3.73. The summed E-state index contributed by atoms with van der Waals surface area (Å²) in [5.74, 6) is -0.0171. The van der Waals surface area contributed by atoms with Gasteiger partial charge in [-0.2, -0.15) is 0 Å². The third-order valence-corrected chi connectivity index (χ3v) is 4.30. The van der Waals surface area contributed by atoms with Gasteiger partial charge in [0.05, 0.1) is 5.52 Å². The molecule has 25 heavy (non-hydrogen) atoms. The van der Waals surface area contributed by atoms with Crippen molar-refractivity contribution in [2.24, 2.45) is 0 Å². The average Bonchev–Trinajstić information content (AvgIpc) is 3.03. The van der Waals surface area contributed by atoms with Gasteiger partial charge in [0.15, 0.2) is 5.76 Å². The number of anilines is 1. The van der Waals surface area contributed by atoms with Crippen molar-refractivity contribution in [1.29, 1.82) is 0 Å². The van der Waals surface area contributed by atoms with E-state index in [1.165, 1.54) is 5.56 Å². The Morgan fingerprint density at radius 1 is 1.04 bits per heavy atom. The Hall–Kier alpha value is -3.14. The number of benzene rings is 2. The molecule has 0 radical (unpaired) electrons. The van der Waals surface area contributed by atoms with Crippen molar-refractivity contribution in [3.05, 3.63) is 71.5 Å². The number of carbonyl (C=O) groups excluding carboxylic acids is 1. The molecule has 0 aliphatic heterocycles. The van der Waals surface area contributed by atoms with E-state index in [2.05, 4.69) is 17.2 Å². The number of nitrogens with one attached hydrogen (secondary N) is 1. The van der Waals surface area contributed by atoms with Crippen molar-refractivity contribution in [3.8, 4) is 0 Å². The number of fused-ring (bicyclic) bond motifs is 2. The third-order valence-electron chi connectivity index (χ3n) is 4.30. The van der Waals surface area contributed by atoms with Crippen molar-refractivity contribution >= 4 is 33.6 Å². The van der Waals surface area contributed by atoms with Gasteiger partial charge in [0.2, 0.25) is 5.71 Å². The number of aryl methyl sites for hydroxylation is 2. The Morgan fingerprint density at radius 3 is 2.60 bits per heavy atom. The smallest absolute Gasteiger partial charge is 0.291 e. The Labute approximate surface area is 145 Å². The number of rotatable bonds is 3. The molecule has 0 saturated carbocycles. The first-order valence-electron chi connectivity index (χ1n) is 8.33. The zero-order valence-electron chi connectivity index (χ0n) is 14.2. The fourth-order valence-corrected chi connectivity index (χ4v) is 2.86. The van der Waals surface area contributed by atoms with Gasteiger partial charge in [-0.1, -0.05) is 31.2 Å². The van der Waals surface area contributed by atoms with Gasteiger partial charge in [0, 0.05) is 16.5 Å². The monoisotopic (exact) mass is 330 g/mol. The van der Waals surface area contributed by atoms with Crippen LogP contribution in [0.2, 0.25) is 0 Å². The van der Waals surface area contributed by atoms with E-state index < -0.39 is 0 Å². The van der Waals surface area contributed by atoms with Crippen LogP contribution in [0.3, 0.4) is 0 Å². The molecule has 1 amide bonds. The topological polar surface area (TPSA) is 55.1 Å². The van der Waals surface area contributed by atoms with Crippen LogP contribution in [0, 0.1) is 6.92 Å². The molecular weight excluding hydrogens is 312 g/mol. The van der Waals surface area contributed by atoms with Crippen molar-refractivity contribution in [1.82, 2.24) is 4.98 Å². The van der Waals surface area contributed by atoms with Crippen LogP contribution in [0.4, 0.5) is 5.69 Å². The van der Waals surface area contributed by atoms with Crippen molar-refractivity contribution in [3.63, 3.8) is 0 Å². The predicted molar refractivity (Wildman–Crippen MR) is 100 cm³/mol. The summed E-state index contributed by atoms with van der Waals surface area (Å²) in [6, 6.07) is 17.6. The van der Waals surface area contributed by atoms with Crippen molar-refractivity contribution < 1.29 is 9.21 Å². The quantitative estimate of drug-likeness (QED) is 0.568. The first-order valence-corrected chi connectivity index (χ1v) is 8.33. The van der Waals surface area contributed by atoms with E-state index in [1.807, 2.05) is 55.5 Å². The highest BCUT2D eigenvalue weighted by Crippen LogP contribution is 2.24. The standard InChI is InChI=1S/C21H18N2O2/c1-3-14-5-8-17(9-6-14)22-20(24)19-12-16-11-15-7-4-13(2)10-18(15)23-21(16)25-19/h4-12H,3H2,1-2H3,(H,22,24). The SMILES string of the molecule is CCc1ccc(NC(=O)c2cc3cc4ccc(C)cc4nc3o2)cc1. The largest absolute Gasteiger partial charge is 0.433 e. The van der Waals surface area contributed by atoms with Crippen LogP contribution < -0.4 is 5.32 Å². The van der Waals surface area contributed by atoms with Gasteiger partial charge in [-0.15, -0.1) is 0 Å². The lowest BCUT2D eigenvalue weighted by molar-refractivity contribution is 0.0998. The van der Waals surface area contributed by atoms with E-state index in [-0.39, 0.29) is 11.7 Å². The summed E-state index contributed by atoms with van der Waals surface area (Å²) in [7, 11) is 0. The Bertz CT molecular complexity index is 1080. The van der Waals surface area contributed by atoms with Crippen LogP contribution in [0.1, 0.15) is 28.6 Å². The number of hydrogen-bond acceptors (Lipinski definition) is 3. The fourth-order valence-electron chi connectivity index (χ4n) is 2.86. The molecule has 4 heteroatoms. The number of nitrogens with zero attached hydrogens (tertiary/aromatic N) is 1. The van der Waals surface area contributed by atoms with Gasteiger partial charge in [0.1, 0.15) is 0 Å². The van der Waals surface area contributed by atoms with Crippen LogP contribution in [0.25, 0.3) is 22.0 Å². The highest BCUT2D eigenvalue weighted by atomic mass is 16.4. The zero-order valence-corrected chi connectivity index (χ0v) is 14.2. The summed E-state index contributed by atoms with van der Waals surface area (Å²) in [6.07, 6.45) is 0.969. The maximum Gasteiger partial charge on any atom is 0.291 e. The molecule has 0 aliphatic rings. The van der Waals surface area contributed by atoms with Crippen LogP contribution in [-0.2, 0) is 6.42 Å². The highest BCUT2D eigenvalue weighted by molar-refractivity contribution is 6.05. The van der Waals surface area contributed by atoms with Crippen LogP contribution in [0.15, 0.2) is 59.0 Å². The molecule has 2 aromatic carbocycles. The highest BCUT2D eigenvalue weighted by Gasteiger charge is 2.14. The molecule has 4 rings (SSSR count). The van der Waals surface area contributed by atoms with E-state index in [1.54, 1.807) is 6.07 Å². The van der Waals surface area contributed by atoms with E-state index in [0.29, 0.717) is 5.71 Å². The van der Waals surface area contributed by atoms with Gasteiger partial charge >= 0.3 is 0 Å². The molecule has 124 valence electrons. The van der Waals surface area contributed by atoms with E-state index in [4.69, 9.17) is 4.42 Å². The number of aromatic nitrogens is 1. The molecule has 0 atom stereocenters. The maximum atomic E-state index is 12.5. The van der Waals surface area contributed by atoms with Crippen LogP contribution >= 0.6 is 0 Å². The van der Waals surface area contributed by atoms with Gasteiger partial charge in [-0.3, -0.25) is 4.79 Å². The van der Waals surface area contributed by atoms with E-state index in [0.717, 1.165) is 34.0 Å². The minimum atomic E-state index is -0.275. The second-order valence-corrected chi connectivity index (χ2v) is 6.19.